The lowest BCUT2D eigenvalue weighted by Crippen LogP contribution is -2.42. The Bertz CT molecular complexity index is 1200. The zero-order valence-electron chi connectivity index (χ0n) is 18.2. The van der Waals surface area contributed by atoms with Crippen LogP contribution in [0.5, 0.6) is 0 Å². The van der Waals surface area contributed by atoms with Gasteiger partial charge in [-0.2, -0.15) is 0 Å². The van der Waals surface area contributed by atoms with Crippen molar-refractivity contribution in [3.8, 4) is 0 Å². The molecule has 8 heteroatoms. The average Bonchev–Trinajstić information content (AvgIpc) is 3.31. The van der Waals surface area contributed by atoms with E-state index in [1.807, 2.05) is 41.0 Å². The second-order valence-electron chi connectivity index (χ2n) is 7.60. The van der Waals surface area contributed by atoms with Gasteiger partial charge in [0.25, 0.3) is 5.91 Å². The van der Waals surface area contributed by atoms with Gasteiger partial charge in [0.15, 0.2) is 0 Å². The van der Waals surface area contributed by atoms with Gasteiger partial charge < -0.3 is 19.5 Å². The molecule has 1 aliphatic rings. The molecule has 0 aliphatic carbocycles. The molecule has 2 amide bonds. The highest BCUT2D eigenvalue weighted by Gasteiger charge is 2.33. The van der Waals surface area contributed by atoms with Crippen molar-refractivity contribution in [3.63, 3.8) is 0 Å². The SMILES string of the molecule is C=CC(=O)N1CCn2cc(C(=O)NCc3cccc(C(=O)OC)c3)nc2C1c1ccccc1. The average molecular weight is 444 g/mol. The van der Waals surface area contributed by atoms with Crippen molar-refractivity contribution in [3.05, 3.63) is 102 Å². The molecule has 2 aromatic carbocycles. The van der Waals surface area contributed by atoms with Crippen molar-refractivity contribution >= 4 is 17.8 Å². The van der Waals surface area contributed by atoms with Crippen LogP contribution in [0.4, 0.5) is 0 Å². The molecule has 2 heterocycles. The Hall–Kier alpha value is -4.20. The molecule has 0 fully saturated rings. The summed E-state index contributed by atoms with van der Waals surface area (Å²) in [6.07, 6.45) is 3.01. The molecule has 0 bridgehead atoms. The molecule has 4 rings (SSSR count). The van der Waals surface area contributed by atoms with Crippen LogP contribution < -0.4 is 5.32 Å². The van der Waals surface area contributed by atoms with Crippen molar-refractivity contribution < 1.29 is 19.1 Å². The van der Waals surface area contributed by atoms with Gasteiger partial charge in [-0.3, -0.25) is 9.59 Å². The number of rotatable bonds is 6. The number of benzene rings is 2. The minimum Gasteiger partial charge on any atom is -0.465 e. The fraction of sp³-hybridized carbons (Fsp3) is 0.200. The summed E-state index contributed by atoms with van der Waals surface area (Å²) in [4.78, 5) is 43.4. The van der Waals surface area contributed by atoms with Crippen LogP contribution in [0, 0.1) is 0 Å². The lowest BCUT2D eigenvalue weighted by Gasteiger charge is -2.35. The second kappa shape index (κ2) is 9.52. The first-order chi connectivity index (χ1) is 16.0. The summed E-state index contributed by atoms with van der Waals surface area (Å²) in [6, 6.07) is 16.1. The van der Waals surface area contributed by atoms with Crippen LogP contribution in [0.1, 0.15) is 43.8 Å². The molecule has 1 unspecified atom stereocenters. The van der Waals surface area contributed by atoms with Crippen LogP contribution in [0.25, 0.3) is 0 Å². The van der Waals surface area contributed by atoms with Gasteiger partial charge >= 0.3 is 5.97 Å². The predicted molar refractivity (Wildman–Crippen MR) is 121 cm³/mol. The molecule has 0 radical (unpaired) electrons. The van der Waals surface area contributed by atoms with E-state index in [1.165, 1.54) is 13.2 Å². The van der Waals surface area contributed by atoms with Gasteiger partial charge in [0.2, 0.25) is 5.91 Å². The summed E-state index contributed by atoms with van der Waals surface area (Å²) >= 11 is 0. The van der Waals surface area contributed by atoms with Crippen LogP contribution in [-0.4, -0.2) is 45.9 Å². The maximum absolute atomic E-state index is 12.9. The van der Waals surface area contributed by atoms with E-state index in [2.05, 4.69) is 16.9 Å². The third-order valence-electron chi connectivity index (χ3n) is 5.55. The molecule has 1 aromatic heterocycles. The topological polar surface area (TPSA) is 93.5 Å². The van der Waals surface area contributed by atoms with E-state index in [4.69, 9.17) is 4.74 Å². The number of imidazole rings is 1. The number of methoxy groups -OCH3 is 1. The predicted octanol–water partition coefficient (Wildman–Crippen LogP) is 2.72. The maximum Gasteiger partial charge on any atom is 0.337 e. The second-order valence-corrected chi connectivity index (χ2v) is 7.60. The molecule has 1 N–H and O–H groups in total. The van der Waals surface area contributed by atoms with Crippen LogP contribution >= 0.6 is 0 Å². The molecule has 168 valence electrons. The highest BCUT2D eigenvalue weighted by atomic mass is 16.5. The molecule has 8 nitrogen and oxygen atoms in total. The lowest BCUT2D eigenvalue weighted by atomic mass is 10.0. The number of aromatic nitrogens is 2. The normalized spacial score (nSPS) is 14.8. The summed E-state index contributed by atoms with van der Waals surface area (Å²) in [7, 11) is 1.32. The van der Waals surface area contributed by atoms with Crippen molar-refractivity contribution in [1.29, 1.82) is 0 Å². The number of carbonyl (C=O) groups is 3. The minimum atomic E-state index is -0.435. The number of hydrogen-bond donors (Lipinski definition) is 1. The van der Waals surface area contributed by atoms with Crippen LogP contribution in [0.2, 0.25) is 0 Å². The van der Waals surface area contributed by atoms with Crippen molar-refractivity contribution in [2.45, 2.75) is 19.1 Å². The van der Waals surface area contributed by atoms with Crippen molar-refractivity contribution in [2.75, 3.05) is 13.7 Å². The standard InChI is InChI=1S/C25H24N4O4/c1-3-21(30)29-13-12-28-16-20(27-23(28)22(29)18-9-5-4-6-10-18)24(31)26-15-17-8-7-11-19(14-17)25(32)33-2/h3-11,14,16,22H,1,12-13,15H2,2H3,(H,26,31). The largest absolute Gasteiger partial charge is 0.465 e. The quantitative estimate of drug-likeness (QED) is 0.466. The summed E-state index contributed by atoms with van der Waals surface area (Å²) in [5.74, 6) is -0.334. The monoisotopic (exact) mass is 444 g/mol. The van der Waals surface area contributed by atoms with E-state index in [9.17, 15) is 14.4 Å². The van der Waals surface area contributed by atoms with Crippen molar-refractivity contribution in [2.24, 2.45) is 0 Å². The van der Waals surface area contributed by atoms with E-state index in [-0.39, 0.29) is 24.1 Å². The van der Waals surface area contributed by atoms with Gasteiger partial charge in [0.1, 0.15) is 17.6 Å². The lowest BCUT2D eigenvalue weighted by molar-refractivity contribution is -0.128. The molecule has 1 atom stereocenters. The molecular formula is C25H24N4O4. The molecule has 0 saturated heterocycles. The molecule has 33 heavy (non-hydrogen) atoms. The molecule has 3 aromatic rings. The van der Waals surface area contributed by atoms with Crippen LogP contribution in [0.15, 0.2) is 73.4 Å². The smallest absolute Gasteiger partial charge is 0.337 e. The molecule has 1 aliphatic heterocycles. The minimum absolute atomic E-state index is 0.186. The van der Waals surface area contributed by atoms with E-state index in [1.54, 1.807) is 29.3 Å². The zero-order chi connectivity index (χ0) is 23.4. The highest BCUT2D eigenvalue weighted by molar-refractivity contribution is 5.92. The van der Waals surface area contributed by atoms with E-state index in [0.29, 0.717) is 24.5 Å². The van der Waals surface area contributed by atoms with Gasteiger partial charge in [0, 0.05) is 25.8 Å². The molecular weight excluding hydrogens is 420 g/mol. The zero-order valence-corrected chi connectivity index (χ0v) is 18.2. The number of esters is 1. The first kappa shape index (κ1) is 22.0. The van der Waals surface area contributed by atoms with Gasteiger partial charge in [-0.15, -0.1) is 0 Å². The van der Waals surface area contributed by atoms with E-state index >= 15 is 0 Å². The first-order valence-electron chi connectivity index (χ1n) is 10.5. The molecule has 0 saturated carbocycles. The van der Waals surface area contributed by atoms with E-state index < -0.39 is 12.0 Å². The number of fused-ring (bicyclic) bond motifs is 1. The van der Waals surface area contributed by atoms with Gasteiger partial charge in [-0.25, -0.2) is 9.78 Å². The van der Waals surface area contributed by atoms with Gasteiger partial charge in [0.05, 0.1) is 12.7 Å². The third-order valence-corrected chi connectivity index (χ3v) is 5.55. The Morgan fingerprint density at radius 2 is 1.94 bits per heavy atom. The highest BCUT2D eigenvalue weighted by Crippen LogP contribution is 2.31. The number of amides is 2. The Morgan fingerprint density at radius 3 is 2.67 bits per heavy atom. The number of carbonyl (C=O) groups excluding carboxylic acids is 3. The Kier molecular flexibility index (Phi) is 6.35. The number of hydrogen-bond acceptors (Lipinski definition) is 5. The fourth-order valence-corrected chi connectivity index (χ4v) is 3.94. The summed E-state index contributed by atoms with van der Waals surface area (Å²) < 4.78 is 6.65. The maximum atomic E-state index is 12.9. The van der Waals surface area contributed by atoms with Gasteiger partial charge in [-0.1, -0.05) is 49.0 Å². The third kappa shape index (κ3) is 4.55. The summed E-state index contributed by atoms with van der Waals surface area (Å²) in [5, 5.41) is 2.84. The first-order valence-corrected chi connectivity index (χ1v) is 10.5. The fourth-order valence-electron chi connectivity index (χ4n) is 3.94. The van der Waals surface area contributed by atoms with Gasteiger partial charge in [-0.05, 0) is 29.3 Å². The summed E-state index contributed by atoms with van der Waals surface area (Å²) in [5.41, 5.74) is 2.35. The van der Waals surface area contributed by atoms with Crippen LogP contribution in [-0.2, 0) is 22.6 Å². The Balaban J connectivity index is 1.56. The van der Waals surface area contributed by atoms with Crippen LogP contribution in [0.3, 0.4) is 0 Å². The Morgan fingerprint density at radius 1 is 1.15 bits per heavy atom. The number of nitrogens with zero attached hydrogens (tertiary/aromatic N) is 3. The number of ether oxygens (including phenoxy) is 1. The molecule has 0 spiro atoms. The van der Waals surface area contributed by atoms with Crippen molar-refractivity contribution in [1.82, 2.24) is 19.8 Å². The van der Waals surface area contributed by atoms with E-state index in [0.717, 1.165) is 11.1 Å². The Labute approximate surface area is 191 Å². The summed E-state index contributed by atoms with van der Waals surface area (Å²) in [6.45, 7) is 4.86. The number of nitrogens with one attached hydrogen (secondary N) is 1.